The van der Waals surface area contributed by atoms with Crippen LogP contribution in [-0.2, 0) is 6.42 Å². The minimum atomic E-state index is -4.51. The van der Waals surface area contributed by atoms with Gasteiger partial charge in [0.2, 0.25) is 0 Å². The summed E-state index contributed by atoms with van der Waals surface area (Å²) in [5.74, 6) is 0.135. The number of carbonyl (C=O) groups excluding carboxylic acids is 1. The number of nitrogens with zero attached hydrogens (tertiary/aromatic N) is 2. The van der Waals surface area contributed by atoms with Crippen molar-refractivity contribution in [1.82, 2.24) is 15.1 Å². The van der Waals surface area contributed by atoms with E-state index in [1.165, 1.54) is 13.3 Å². The second-order valence-corrected chi connectivity index (χ2v) is 7.61. The molecule has 1 aromatic heterocycles. The number of ether oxygens (including phenoxy) is 1. The number of benzene rings is 2. The predicted molar refractivity (Wildman–Crippen MR) is 114 cm³/mol. The second kappa shape index (κ2) is 8.94. The second-order valence-electron chi connectivity index (χ2n) is 7.61. The molecule has 1 aliphatic rings. The minimum absolute atomic E-state index is 0.0589. The Morgan fingerprint density at radius 3 is 2.72 bits per heavy atom. The first-order valence-electron chi connectivity index (χ1n) is 10.2. The molecule has 0 aliphatic carbocycles. The Morgan fingerprint density at radius 1 is 1.22 bits per heavy atom. The zero-order valence-corrected chi connectivity index (χ0v) is 17.4. The Kier molecular flexibility index (Phi) is 6.07. The first kappa shape index (κ1) is 21.7. The summed E-state index contributed by atoms with van der Waals surface area (Å²) >= 11 is 0. The number of halogens is 3. The molecule has 0 saturated carbocycles. The summed E-state index contributed by atoms with van der Waals surface area (Å²) in [5.41, 5.74) is 1.78. The van der Waals surface area contributed by atoms with Gasteiger partial charge in [-0.25, -0.2) is 4.68 Å². The number of aromatic nitrogens is 2. The van der Waals surface area contributed by atoms with Crippen LogP contribution in [0.2, 0.25) is 0 Å². The molecule has 2 aromatic carbocycles. The third-order valence-electron chi connectivity index (χ3n) is 5.52. The maximum Gasteiger partial charge on any atom is 0.410 e. The van der Waals surface area contributed by atoms with Gasteiger partial charge in [0.1, 0.15) is 17.1 Å². The van der Waals surface area contributed by atoms with Gasteiger partial charge >= 0.3 is 6.18 Å². The Bertz CT molecular complexity index is 1080. The first-order valence-corrected chi connectivity index (χ1v) is 10.2. The molecule has 6 nitrogen and oxygen atoms in total. The SMILES string of the molecule is COc1cccc([C@H]2C[C@@H](C(F)(F)F)n3ncc(C(=O)NCCc4ccccc4)c3N2)c1. The fourth-order valence-corrected chi connectivity index (χ4v) is 3.87. The van der Waals surface area contributed by atoms with Gasteiger partial charge in [0.25, 0.3) is 5.91 Å². The predicted octanol–water partition coefficient (Wildman–Crippen LogP) is 4.52. The van der Waals surface area contributed by atoms with Gasteiger partial charge in [-0.1, -0.05) is 42.5 Å². The fraction of sp³-hybridized carbons (Fsp3) is 0.304. The van der Waals surface area contributed by atoms with Crippen LogP contribution < -0.4 is 15.4 Å². The van der Waals surface area contributed by atoms with Gasteiger partial charge in [0.05, 0.1) is 19.3 Å². The lowest BCUT2D eigenvalue weighted by molar-refractivity contribution is -0.173. The Balaban J connectivity index is 1.57. The molecule has 0 spiro atoms. The third-order valence-corrected chi connectivity index (χ3v) is 5.52. The number of carbonyl (C=O) groups is 1. The van der Waals surface area contributed by atoms with Gasteiger partial charge < -0.3 is 15.4 Å². The van der Waals surface area contributed by atoms with Crippen LogP contribution in [0.1, 0.15) is 40.0 Å². The maximum absolute atomic E-state index is 13.8. The number of rotatable bonds is 6. The number of anilines is 1. The average Bonchev–Trinajstić information content (AvgIpc) is 3.22. The molecule has 1 aliphatic heterocycles. The summed E-state index contributed by atoms with van der Waals surface area (Å²) in [7, 11) is 1.50. The van der Waals surface area contributed by atoms with E-state index in [0.717, 1.165) is 10.2 Å². The summed E-state index contributed by atoms with van der Waals surface area (Å²) < 4.78 is 47.6. The van der Waals surface area contributed by atoms with Crippen LogP contribution in [-0.4, -0.2) is 35.5 Å². The summed E-state index contributed by atoms with van der Waals surface area (Å²) in [5, 5.41) is 9.77. The molecular formula is C23H23F3N4O2. The largest absolute Gasteiger partial charge is 0.497 e. The number of amides is 1. The first-order chi connectivity index (χ1) is 15.4. The van der Waals surface area contributed by atoms with E-state index in [0.29, 0.717) is 24.3 Å². The molecule has 2 atom stereocenters. The van der Waals surface area contributed by atoms with Crippen molar-refractivity contribution in [3.8, 4) is 5.75 Å². The van der Waals surface area contributed by atoms with Crippen molar-refractivity contribution in [3.05, 3.63) is 77.5 Å². The summed E-state index contributed by atoms with van der Waals surface area (Å²) in [6, 6.07) is 14.0. The van der Waals surface area contributed by atoms with E-state index < -0.39 is 24.2 Å². The molecule has 0 saturated heterocycles. The minimum Gasteiger partial charge on any atom is -0.497 e. The molecule has 0 unspecified atom stereocenters. The average molecular weight is 444 g/mol. The molecule has 0 fully saturated rings. The Morgan fingerprint density at radius 2 is 2.00 bits per heavy atom. The van der Waals surface area contributed by atoms with Crippen molar-refractivity contribution >= 4 is 11.7 Å². The number of nitrogens with one attached hydrogen (secondary N) is 2. The van der Waals surface area contributed by atoms with Gasteiger partial charge in [-0.3, -0.25) is 4.79 Å². The van der Waals surface area contributed by atoms with E-state index in [1.807, 2.05) is 30.3 Å². The van der Waals surface area contributed by atoms with E-state index in [4.69, 9.17) is 4.74 Å². The van der Waals surface area contributed by atoms with Gasteiger partial charge in [0, 0.05) is 13.0 Å². The topological polar surface area (TPSA) is 68.2 Å². The third kappa shape index (κ3) is 4.56. The van der Waals surface area contributed by atoms with Crippen LogP contribution in [0.3, 0.4) is 0 Å². The van der Waals surface area contributed by atoms with Crippen molar-refractivity contribution in [2.75, 3.05) is 19.0 Å². The highest BCUT2D eigenvalue weighted by atomic mass is 19.4. The van der Waals surface area contributed by atoms with Crippen molar-refractivity contribution < 1.29 is 22.7 Å². The summed E-state index contributed by atoms with van der Waals surface area (Å²) in [4.78, 5) is 12.8. The molecule has 32 heavy (non-hydrogen) atoms. The van der Waals surface area contributed by atoms with Crippen LogP contribution >= 0.6 is 0 Å². The lowest BCUT2D eigenvalue weighted by atomic mass is 9.96. The lowest BCUT2D eigenvalue weighted by Gasteiger charge is -2.34. The highest BCUT2D eigenvalue weighted by Gasteiger charge is 2.47. The van der Waals surface area contributed by atoms with Crippen LogP contribution in [0.25, 0.3) is 0 Å². The van der Waals surface area contributed by atoms with Gasteiger partial charge in [-0.2, -0.15) is 18.3 Å². The quantitative estimate of drug-likeness (QED) is 0.587. The summed E-state index contributed by atoms with van der Waals surface area (Å²) in [6.45, 7) is 0.357. The highest BCUT2D eigenvalue weighted by Crippen LogP contribution is 2.44. The molecule has 3 aromatic rings. The normalized spacial score (nSPS) is 17.9. The van der Waals surface area contributed by atoms with E-state index in [9.17, 15) is 18.0 Å². The van der Waals surface area contributed by atoms with E-state index >= 15 is 0 Å². The van der Waals surface area contributed by atoms with Gasteiger partial charge in [-0.05, 0) is 29.7 Å². The van der Waals surface area contributed by atoms with Crippen molar-refractivity contribution in [1.29, 1.82) is 0 Å². The molecule has 4 rings (SSSR count). The fourth-order valence-electron chi connectivity index (χ4n) is 3.87. The zero-order valence-electron chi connectivity index (χ0n) is 17.4. The van der Waals surface area contributed by atoms with E-state index in [-0.39, 0.29) is 17.8 Å². The monoisotopic (exact) mass is 444 g/mol. The zero-order chi connectivity index (χ0) is 22.7. The molecule has 168 valence electrons. The molecule has 0 radical (unpaired) electrons. The number of alkyl halides is 3. The van der Waals surface area contributed by atoms with Crippen molar-refractivity contribution in [3.63, 3.8) is 0 Å². The molecule has 2 heterocycles. The highest BCUT2D eigenvalue weighted by molar-refractivity contribution is 5.98. The van der Waals surface area contributed by atoms with Crippen LogP contribution in [0.4, 0.5) is 19.0 Å². The van der Waals surface area contributed by atoms with Gasteiger partial charge in [0.15, 0.2) is 6.04 Å². The molecule has 1 amide bonds. The standard InChI is InChI=1S/C23H23F3N4O2/c1-32-17-9-5-8-16(12-17)19-13-20(23(24,25)26)30-21(29-19)18(14-28-30)22(31)27-11-10-15-6-3-2-4-7-15/h2-9,12,14,19-20,29H,10-11,13H2,1H3,(H,27,31)/t19-,20+/m1/s1. The molecular weight excluding hydrogens is 421 g/mol. The van der Waals surface area contributed by atoms with Crippen molar-refractivity contribution in [2.45, 2.75) is 31.1 Å². The van der Waals surface area contributed by atoms with Crippen LogP contribution in [0, 0.1) is 0 Å². The molecule has 0 bridgehead atoms. The number of hydrogen-bond acceptors (Lipinski definition) is 4. The van der Waals surface area contributed by atoms with Crippen molar-refractivity contribution in [2.24, 2.45) is 0 Å². The lowest BCUT2D eigenvalue weighted by Crippen LogP contribution is -2.36. The Labute approximate surface area is 183 Å². The number of hydrogen-bond donors (Lipinski definition) is 2. The van der Waals surface area contributed by atoms with E-state index in [2.05, 4.69) is 15.7 Å². The van der Waals surface area contributed by atoms with Crippen LogP contribution in [0.5, 0.6) is 5.75 Å². The molecule has 9 heteroatoms. The number of fused-ring (bicyclic) bond motifs is 1. The maximum atomic E-state index is 13.8. The smallest absolute Gasteiger partial charge is 0.410 e. The van der Waals surface area contributed by atoms with Gasteiger partial charge in [-0.15, -0.1) is 0 Å². The summed E-state index contributed by atoms with van der Waals surface area (Å²) in [6.07, 6.45) is -2.96. The Hall–Kier alpha value is -3.49. The molecule has 2 N–H and O–H groups in total. The van der Waals surface area contributed by atoms with Crippen LogP contribution in [0.15, 0.2) is 60.8 Å². The van der Waals surface area contributed by atoms with E-state index in [1.54, 1.807) is 24.3 Å². The number of methoxy groups -OCH3 is 1.